The first-order chi connectivity index (χ1) is 10.1. The SMILES string of the molecule is COC(=O)C(C)(Br)c1ccccn1.[Mg+2].[O-][Cl+3]([O-])([O-])[O-].[O-][Cl+3]([O-])([O-])[O-]. The Hall–Kier alpha value is 0.126. The summed E-state index contributed by atoms with van der Waals surface area (Å²) in [6, 6.07) is 5.39. The molecule has 0 saturated heterocycles. The number of pyridine rings is 1. The number of alkyl halides is 1. The van der Waals surface area contributed by atoms with Crippen LogP contribution in [0.15, 0.2) is 24.4 Å². The van der Waals surface area contributed by atoms with Gasteiger partial charge in [0.15, 0.2) is 4.32 Å². The zero-order valence-corrected chi connectivity index (χ0v) is 16.7. The summed E-state index contributed by atoms with van der Waals surface area (Å²) in [6.45, 7) is 1.71. The molecule has 1 unspecified atom stereocenters. The summed E-state index contributed by atoms with van der Waals surface area (Å²) in [5.41, 5.74) is 0.641. The Morgan fingerprint density at radius 2 is 1.46 bits per heavy atom. The molecule has 11 nitrogen and oxygen atoms in total. The molecule has 0 bridgehead atoms. The zero-order valence-electron chi connectivity index (χ0n) is 12.2. The summed E-state index contributed by atoms with van der Waals surface area (Å²) < 4.78 is 71.7. The van der Waals surface area contributed by atoms with E-state index in [9.17, 15) is 4.79 Å². The normalized spacial score (nSPS) is 13.0. The van der Waals surface area contributed by atoms with Crippen LogP contribution in [0.1, 0.15) is 12.6 Å². The van der Waals surface area contributed by atoms with Crippen molar-refractivity contribution in [3.8, 4) is 0 Å². The van der Waals surface area contributed by atoms with Gasteiger partial charge in [0.05, 0.1) is 12.8 Å². The summed E-state index contributed by atoms with van der Waals surface area (Å²) in [4.78, 5) is 15.4. The number of esters is 1. The quantitative estimate of drug-likeness (QED) is 0.225. The number of hydrogen-bond donors (Lipinski definition) is 0. The second-order valence-electron chi connectivity index (χ2n) is 3.47. The Balaban J connectivity index is -0.000000337. The van der Waals surface area contributed by atoms with Gasteiger partial charge in [-0.05, 0) is 19.1 Å². The smallest absolute Gasteiger partial charge is 0.468 e. The van der Waals surface area contributed by atoms with E-state index in [4.69, 9.17) is 37.3 Å². The molecule has 1 heterocycles. The monoisotopic (exact) mass is 465 g/mol. The molecular weight excluding hydrogens is 457 g/mol. The molecule has 0 aliphatic heterocycles. The molecule has 134 valence electrons. The van der Waals surface area contributed by atoms with Crippen molar-refractivity contribution in [2.45, 2.75) is 11.2 Å². The number of hydrogen-bond acceptors (Lipinski definition) is 11. The first-order valence-corrected chi connectivity index (χ1v) is 8.27. The first-order valence-electron chi connectivity index (χ1n) is 5.01. The van der Waals surface area contributed by atoms with Crippen molar-refractivity contribution in [2.75, 3.05) is 7.11 Å². The molecule has 0 fully saturated rings. The van der Waals surface area contributed by atoms with Gasteiger partial charge in [-0.15, -0.1) is 20.5 Å². The van der Waals surface area contributed by atoms with Crippen molar-refractivity contribution >= 4 is 45.0 Å². The molecule has 24 heavy (non-hydrogen) atoms. The second-order valence-corrected chi connectivity index (χ2v) is 6.56. The number of halogens is 3. The van der Waals surface area contributed by atoms with Gasteiger partial charge in [-0.3, -0.25) is 9.78 Å². The maximum Gasteiger partial charge on any atom is 2.00 e. The summed E-state index contributed by atoms with van der Waals surface area (Å²) >= 11 is 3.28. The van der Waals surface area contributed by atoms with Gasteiger partial charge >= 0.3 is 29.0 Å². The number of nitrogens with zero attached hydrogens (tertiary/aromatic N) is 1. The van der Waals surface area contributed by atoms with E-state index < -0.39 is 24.8 Å². The fourth-order valence-electron chi connectivity index (χ4n) is 0.937. The third-order valence-electron chi connectivity index (χ3n) is 1.71. The third kappa shape index (κ3) is 20.2. The van der Waals surface area contributed by atoms with Crippen LogP contribution in [0.3, 0.4) is 0 Å². The molecule has 0 radical (unpaired) electrons. The van der Waals surface area contributed by atoms with E-state index in [1.807, 2.05) is 6.07 Å². The van der Waals surface area contributed by atoms with Gasteiger partial charge < -0.3 is 4.74 Å². The van der Waals surface area contributed by atoms with Crippen LogP contribution < -0.4 is 37.3 Å². The number of aromatic nitrogens is 1. The molecule has 0 aromatic carbocycles. The number of carbonyl (C=O) groups is 1. The molecule has 0 aliphatic carbocycles. The maximum atomic E-state index is 11.3. The molecule has 0 aliphatic rings. The Morgan fingerprint density at radius 3 is 1.71 bits per heavy atom. The second kappa shape index (κ2) is 12.5. The maximum absolute atomic E-state index is 11.3. The average Bonchev–Trinajstić information content (AvgIpc) is 2.34. The van der Waals surface area contributed by atoms with Crippen LogP contribution in [0.4, 0.5) is 0 Å². The van der Waals surface area contributed by atoms with Gasteiger partial charge in [0.1, 0.15) is 0 Å². The van der Waals surface area contributed by atoms with Crippen LogP contribution in [0.2, 0.25) is 0 Å². The van der Waals surface area contributed by atoms with Crippen molar-refractivity contribution in [1.29, 1.82) is 0 Å². The molecule has 1 atom stereocenters. The molecule has 1 aromatic rings. The zero-order chi connectivity index (χ0) is 18.9. The average molecular weight is 467 g/mol. The number of rotatable bonds is 2. The van der Waals surface area contributed by atoms with Crippen molar-refractivity contribution in [1.82, 2.24) is 4.98 Å². The fourth-order valence-corrected chi connectivity index (χ4v) is 1.33. The van der Waals surface area contributed by atoms with E-state index >= 15 is 0 Å². The minimum Gasteiger partial charge on any atom is -0.468 e. The van der Waals surface area contributed by atoms with Crippen molar-refractivity contribution in [3.63, 3.8) is 0 Å². The van der Waals surface area contributed by atoms with Crippen LogP contribution in [-0.2, 0) is 13.9 Å². The number of carbonyl (C=O) groups excluding carboxylic acids is 1. The number of ether oxygens (including phenoxy) is 1. The standard InChI is InChI=1S/C9H10BrNO2.2ClHO4.Mg/c1-9(10,8(12)13-2)7-5-3-4-6-11-7;2*2-1(3,4)5;/h3-6H,1-2H3;2*(H,2,3,4,5);/q;;;+2/p-2. The molecular formula is C9H10BrCl2MgNO10. The van der Waals surface area contributed by atoms with Crippen LogP contribution in [0, 0.1) is 20.5 Å². The Morgan fingerprint density at radius 1 is 1.08 bits per heavy atom. The minimum absolute atomic E-state index is 0. The Bertz CT molecular complexity index is 444. The first kappa shape index (κ1) is 28.9. The minimum atomic E-state index is -4.94. The predicted octanol–water partition coefficient (Wildman–Crippen LogP) is -8.03. The Labute approximate surface area is 165 Å². The van der Waals surface area contributed by atoms with Gasteiger partial charge in [0.25, 0.3) is 0 Å². The summed E-state index contributed by atoms with van der Waals surface area (Å²) in [6.07, 6.45) is 1.64. The van der Waals surface area contributed by atoms with Crippen LogP contribution in [-0.4, -0.2) is 41.1 Å². The summed E-state index contributed by atoms with van der Waals surface area (Å²) in [5, 5.41) is 0. The van der Waals surface area contributed by atoms with E-state index in [0.29, 0.717) is 5.69 Å². The van der Waals surface area contributed by atoms with Crippen LogP contribution >= 0.6 is 15.9 Å². The van der Waals surface area contributed by atoms with E-state index in [1.165, 1.54) is 7.11 Å². The molecule has 0 spiro atoms. The molecule has 0 saturated carbocycles. The number of methoxy groups -OCH3 is 1. The topological polar surface area (TPSA) is 224 Å². The molecule has 1 rings (SSSR count). The Kier molecular flexibility index (Phi) is 15.0. The van der Waals surface area contributed by atoms with Crippen molar-refractivity contribution in [2.24, 2.45) is 0 Å². The van der Waals surface area contributed by atoms with Crippen molar-refractivity contribution < 1.29 is 67.3 Å². The predicted molar refractivity (Wildman–Crippen MR) is 58.3 cm³/mol. The van der Waals surface area contributed by atoms with E-state index in [0.717, 1.165) is 0 Å². The van der Waals surface area contributed by atoms with Gasteiger partial charge in [0.2, 0.25) is 0 Å². The summed E-state index contributed by atoms with van der Waals surface area (Å²) in [5.74, 6) is -0.355. The largest absolute Gasteiger partial charge is 2.00 e. The third-order valence-corrected chi connectivity index (χ3v) is 2.44. The van der Waals surface area contributed by atoms with E-state index in [2.05, 4.69) is 25.7 Å². The van der Waals surface area contributed by atoms with Crippen LogP contribution in [0.25, 0.3) is 0 Å². The van der Waals surface area contributed by atoms with E-state index in [-0.39, 0.29) is 29.0 Å². The van der Waals surface area contributed by atoms with Crippen LogP contribution in [0.5, 0.6) is 0 Å². The molecule has 0 N–H and O–H groups in total. The molecule has 1 aromatic heterocycles. The fraction of sp³-hybridized carbons (Fsp3) is 0.333. The summed E-state index contributed by atoms with van der Waals surface area (Å²) in [7, 11) is -8.54. The van der Waals surface area contributed by atoms with E-state index in [1.54, 1.807) is 25.3 Å². The van der Waals surface area contributed by atoms with Gasteiger partial charge in [0, 0.05) is 6.20 Å². The van der Waals surface area contributed by atoms with Gasteiger partial charge in [-0.25, -0.2) is 37.3 Å². The van der Waals surface area contributed by atoms with Crippen molar-refractivity contribution in [3.05, 3.63) is 30.1 Å². The van der Waals surface area contributed by atoms with Gasteiger partial charge in [-0.2, -0.15) is 0 Å². The molecule has 0 amide bonds. The molecule has 15 heteroatoms. The van der Waals surface area contributed by atoms with Gasteiger partial charge in [-0.1, -0.05) is 22.0 Å².